The first kappa shape index (κ1) is 16.5. The molecule has 0 atom stereocenters. The van der Waals surface area contributed by atoms with E-state index >= 15 is 0 Å². The summed E-state index contributed by atoms with van der Waals surface area (Å²) >= 11 is 1.77. The second kappa shape index (κ2) is 6.76. The summed E-state index contributed by atoms with van der Waals surface area (Å²) in [5, 5.41) is 13.6. The monoisotopic (exact) mass is 361 g/mol. The molecule has 1 amide bonds. The summed E-state index contributed by atoms with van der Waals surface area (Å²) < 4.78 is 0. The van der Waals surface area contributed by atoms with Gasteiger partial charge in [-0.05, 0) is 24.8 Å². The van der Waals surface area contributed by atoms with E-state index in [1.54, 1.807) is 18.3 Å². The van der Waals surface area contributed by atoms with Gasteiger partial charge in [-0.3, -0.25) is 4.79 Å². The SMILES string of the molecule is CC(=O)N1CCN(c2nc(NCCO)c3c4c(sc3n2)CCC4)CC1. The number of hydrogen-bond acceptors (Lipinski definition) is 7. The highest BCUT2D eigenvalue weighted by Gasteiger charge is 2.25. The molecule has 2 aliphatic rings. The molecule has 2 aromatic heterocycles. The predicted octanol–water partition coefficient (Wildman–Crippen LogP) is 1.25. The molecule has 0 radical (unpaired) electrons. The van der Waals surface area contributed by atoms with Crippen molar-refractivity contribution in [2.45, 2.75) is 26.2 Å². The largest absolute Gasteiger partial charge is 0.395 e. The molecule has 25 heavy (non-hydrogen) atoms. The van der Waals surface area contributed by atoms with E-state index in [2.05, 4.69) is 10.2 Å². The summed E-state index contributed by atoms with van der Waals surface area (Å²) in [7, 11) is 0. The molecule has 8 heteroatoms. The number of carbonyl (C=O) groups is 1. The third-order valence-corrected chi connectivity index (χ3v) is 6.15. The van der Waals surface area contributed by atoms with Crippen LogP contribution in [-0.4, -0.2) is 65.2 Å². The number of amides is 1. The second-order valence-corrected chi connectivity index (χ2v) is 7.64. The van der Waals surface area contributed by atoms with Crippen LogP contribution in [0.3, 0.4) is 0 Å². The molecular weight excluding hydrogens is 338 g/mol. The Hall–Kier alpha value is -1.93. The number of hydrogen-bond donors (Lipinski definition) is 2. The van der Waals surface area contributed by atoms with Gasteiger partial charge in [0.25, 0.3) is 0 Å². The normalized spacial score (nSPS) is 17.2. The molecule has 1 fully saturated rings. The highest BCUT2D eigenvalue weighted by atomic mass is 32.1. The van der Waals surface area contributed by atoms with E-state index in [1.165, 1.54) is 16.9 Å². The Morgan fingerprint density at radius 1 is 1.24 bits per heavy atom. The predicted molar refractivity (Wildman–Crippen MR) is 99.5 cm³/mol. The Bertz CT molecular complexity index is 798. The number of aliphatic hydroxyl groups excluding tert-OH is 1. The number of carbonyl (C=O) groups excluding carboxylic acids is 1. The minimum absolute atomic E-state index is 0.0739. The smallest absolute Gasteiger partial charge is 0.228 e. The van der Waals surface area contributed by atoms with Crippen LogP contribution in [0.4, 0.5) is 11.8 Å². The Morgan fingerprint density at radius 2 is 2.04 bits per heavy atom. The van der Waals surface area contributed by atoms with Crippen molar-refractivity contribution in [1.82, 2.24) is 14.9 Å². The van der Waals surface area contributed by atoms with E-state index in [4.69, 9.17) is 9.97 Å². The number of aryl methyl sites for hydroxylation is 2. The molecule has 0 unspecified atom stereocenters. The van der Waals surface area contributed by atoms with Gasteiger partial charge in [0.05, 0.1) is 12.0 Å². The maximum absolute atomic E-state index is 11.5. The minimum Gasteiger partial charge on any atom is -0.395 e. The Kier molecular flexibility index (Phi) is 4.47. The number of thiophene rings is 1. The van der Waals surface area contributed by atoms with E-state index in [0.717, 1.165) is 47.9 Å². The van der Waals surface area contributed by atoms with Gasteiger partial charge in [0, 0.05) is 44.5 Å². The lowest BCUT2D eigenvalue weighted by Crippen LogP contribution is -2.48. The number of piperazine rings is 1. The van der Waals surface area contributed by atoms with Gasteiger partial charge in [-0.25, -0.2) is 4.98 Å². The summed E-state index contributed by atoms with van der Waals surface area (Å²) in [5.74, 6) is 1.68. The molecule has 2 aromatic rings. The van der Waals surface area contributed by atoms with E-state index in [1.807, 2.05) is 4.90 Å². The molecule has 134 valence electrons. The summed E-state index contributed by atoms with van der Waals surface area (Å²) in [4.78, 5) is 27.6. The van der Waals surface area contributed by atoms with E-state index in [9.17, 15) is 9.90 Å². The number of aliphatic hydroxyl groups is 1. The quantitative estimate of drug-likeness (QED) is 0.853. The molecule has 0 bridgehead atoms. The molecule has 7 nitrogen and oxygen atoms in total. The average molecular weight is 361 g/mol. The summed E-state index contributed by atoms with van der Waals surface area (Å²) in [6.07, 6.45) is 3.41. The molecule has 0 saturated carbocycles. The van der Waals surface area contributed by atoms with Crippen molar-refractivity contribution in [3.63, 3.8) is 0 Å². The molecular formula is C17H23N5O2S. The Balaban J connectivity index is 1.67. The Morgan fingerprint density at radius 3 is 2.76 bits per heavy atom. The third-order valence-electron chi connectivity index (χ3n) is 4.96. The van der Waals surface area contributed by atoms with Gasteiger partial charge in [0.1, 0.15) is 10.6 Å². The van der Waals surface area contributed by atoms with E-state index in [0.29, 0.717) is 19.6 Å². The highest BCUT2D eigenvalue weighted by molar-refractivity contribution is 7.19. The van der Waals surface area contributed by atoms with Crippen molar-refractivity contribution in [3.05, 3.63) is 10.4 Å². The van der Waals surface area contributed by atoms with Gasteiger partial charge in [-0.2, -0.15) is 4.98 Å². The van der Waals surface area contributed by atoms with Gasteiger partial charge in [0.2, 0.25) is 11.9 Å². The number of fused-ring (bicyclic) bond motifs is 3. The number of nitrogens with one attached hydrogen (secondary N) is 1. The molecule has 1 aliphatic heterocycles. The highest BCUT2D eigenvalue weighted by Crippen LogP contribution is 2.40. The second-order valence-electron chi connectivity index (χ2n) is 6.55. The van der Waals surface area contributed by atoms with Crippen LogP contribution in [0, 0.1) is 0 Å². The number of anilines is 2. The molecule has 0 spiro atoms. The van der Waals surface area contributed by atoms with Crippen LogP contribution in [-0.2, 0) is 17.6 Å². The lowest BCUT2D eigenvalue weighted by molar-refractivity contribution is -0.129. The molecule has 1 aliphatic carbocycles. The van der Waals surface area contributed by atoms with Gasteiger partial charge in [-0.1, -0.05) is 0 Å². The first-order chi connectivity index (χ1) is 12.2. The van der Waals surface area contributed by atoms with Crippen LogP contribution in [0.2, 0.25) is 0 Å². The van der Waals surface area contributed by atoms with E-state index < -0.39 is 0 Å². The average Bonchev–Trinajstić information content (AvgIpc) is 3.20. The standard InChI is InChI=1S/C17H23N5O2S/c1-11(24)21-6-8-22(9-7-21)17-19-15(18-5-10-23)14-12-3-2-4-13(12)25-16(14)20-17/h23H,2-10H2,1H3,(H,18,19,20). The zero-order valence-corrected chi connectivity index (χ0v) is 15.2. The van der Waals surface area contributed by atoms with Crippen molar-refractivity contribution in [2.75, 3.05) is 49.5 Å². The maximum atomic E-state index is 11.5. The maximum Gasteiger partial charge on any atom is 0.228 e. The summed E-state index contributed by atoms with van der Waals surface area (Å²) in [5.41, 5.74) is 1.38. The van der Waals surface area contributed by atoms with Gasteiger partial charge in [0.15, 0.2) is 0 Å². The van der Waals surface area contributed by atoms with Crippen LogP contribution in [0.5, 0.6) is 0 Å². The first-order valence-corrected chi connectivity index (χ1v) is 9.66. The fourth-order valence-corrected chi connectivity index (χ4v) is 4.91. The van der Waals surface area contributed by atoms with Gasteiger partial charge < -0.3 is 20.2 Å². The Labute approximate surface area is 150 Å². The van der Waals surface area contributed by atoms with Crippen LogP contribution in [0.25, 0.3) is 10.2 Å². The van der Waals surface area contributed by atoms with Crippen molar-refractivity contribution in [3.8, 4) is 0 Å². The molecule has 0 aromatic carbocycles. The lowest BCUT2D eigenvalue weighted by atomic mass is 10.2. The summed E-state index contributed by atoms with van der Waals surface area (Å²) in [6.45, 7) is 5.07. The van der Waals surface area contributed by atoms with Gasteiger partial charge >= 0.3 is 0 Å². The zero-order chi connectivity index (χ0) is 17.4. The third kappa shape index (κ3) is 3.04. The van der Waals surface area contributed by atoms with Crippen molar-refractivity contribution in [1.29, 1.82) is 0 Å². The molecule has 4 rings (SSSR count). The van der Waals surface area contributed by atoms with Crippen LogP contribution in [0.15, 0.2) is 0 Å². The van der Waals surface area contributed by atoms with Crippen molar-refractivity contribution >= 4 is 39.2 Å². The van der Waals surface area contributed by atoms with Crippen molar-refractivity contribution < 1.29 is 9.90 Å². The number of nitrogens with zero attached hydrogens (tertiary/aromatic N) is 4. The van der Waals surface area contributed by atoms with Crippen molar-refractivity contribution in [2.24, 2.45) is 0 Å². The van der Waals surface area contributed by atoms with Crippen LogP contribution in [0.1, 0.15) is 23.8 Å². The van der Waals surface area contributed by atoms with E-state index in [-0.39, 0.29) is 12.5 Å². The van der Waals surface area contributed by atoms with Crippen LogP contribution < -0.4 is 10.2 Å². The lowest BCUT2D eigenvalue weighted by Gasteiger charge is -2.34. The summed E-state index contributed by atoms with van der Waals surface area (Å²) in [6, 6.07) is 0. The topological polar surface area (TPSA) is 81.6 Å². The first-order valence-electron chi connectivity index (χ1n) is 8.85. The molecule has 3 heterocycles. The molecule has 1 saturated heterocycles. The molecule has 2 N–H and O–H groups in total. The zero-order valence-electron chi connectivity index (χ0n) is 14.4. The minimum atomic E-state index is 0.0739. The fraction of sp³-hybridized carbons (Fsp3) is 0.588. The number of rotatable bonds is 4. The van der Waals surface area contributed by atoms with Crippen LogP contribution >= 0.6 is 11.3 Å². The number of aromatic nitrogens is 2. The van der Waals surface area contributed by atoms with Gasteiger partial charge in [-0.15, -0.1) is 11.3 Å². The fourth-order valence-electron chi connectivity index (χ4n) is 3.65.